The maximum Gasteiger partial charge on any atom is 0.287 e. The number of furan rings is 2. The molecule has 248 valence electrons. The van der Waals surface area contributed by atoms with Crippen LogP contribution in [0.15, 0.2) is 33.1 Å². The number of alkyl halides is 4. The molecule has 0 spiro atoms. The Labute approximate surface area is 253 Å². The fourth-order valence-corrected chi connectivity index (χ4v) is 4.71. The van der Waals surface area contributed by atoms with Crippen molar-refractivity contribution in [3.8, 4) is 0 Å². The van der Waals surface area contributed by atoms with Gasteiger partial charge in [0, 0.05) is 42.6 Å². The van der Waals surface area contributed by atoms with Crippen molar-refractivity contribution in [3.05, 3.63) is 81.7 Å². The van der Waals surface area contributed by atoms with Crippen LogP contribution in [0.3, 0.4) is 0 Å². The van der Waals surface area contributed by atoms with E-state index in [2.05, 4.69) is 5.32 Å². The van der Waals surface area contributed by atoms with Crippen LogP contribution in [-0.2, 0) is 6.54 Å². The highest BCUT2D eigenvalue weighted by Gasteiger charge is 2.52. The van der Waals surface area contributed by atoms with Crippen molar-refractivity contribution in [2.24, 2.45) is 17.6 Å². The molecule has 1 aliphatic rings. The second-order valence-corrected chi connectivity index (χ2v) is 10.3. The molecule has 0 saturated heterocycles. The van der Waals surface area contributed by atoms with Gasteiger partial charge in [-0.15, -0.1) is 0 Å². The van der Waals surface area contributed by atoms with Crippen LogP contribution >= 0.6 is 0 Å². The second-order valence-electron chi connectivity index (χ2n) is 10.3. The summed E-state index contributed by atoms with van der Waals surface area (Å²) in [6, 6.07) is 3.98. The highest BCUT2D eigenvalue weighted by Crippen LogP contribution is 2.37. The average molecular weight is 665 g/mol. The molecule has 46 heavy (non-hydrogen) atoms. The van der Waals surface area contributed by atoms with E-state index in [1.165, 1.54) is 0 Å². The highest BCUT2D eigenvalue weighted by molar-refractivity contribution is 5.96. The number of nitrogens with two attached hydrogens (primary N) is 1. The summed E-state index contributed by atoms with van der Waals surface area (Å²) in [5.41, 5.74) is 2.98. The quantitative estimate of drug-likeness (QED) is 0.192. The fraction of sp³-hybridized carbons (Fsp3) is 0.357. The van der Waals surface area contributed by atoms with E-state index in [1.54, 1.807) is 0 Å². The van der Waals surface area contributed by atoms with Crippen molar-refractivity contribution in [1.29, 1.82) is 0 Å². The minimum Gasteiger partial charge on any atom is -0.446 e. The molecule has 2 heterocycles. The standard InChI is InChI=1S/C28H24F8N4O6/c1-9-17(29)19(31)10(20(32)18(9)30)6-38-27(43)15-4-5-16(46-15)28(44)40-8-12-23(35)21(33)11(22(34)24(12)36)7-39-26(42)14-3-2-13(45-14)25(37)41/h2-5,11-12,21-24H,6-8H2,1H3,(H2,37,41)(H,38,43)(H,39,42)(H,40,44)/t11?,12?,21-,22+,23+,24-. The molecule has 2 unspecified atom stereocenters. The molecular formula is C28H24F8N4O6. The molecule has 1 saturated carbocycles. The number of rotatable bonds is 10. The minimum atomic E-state index is -2.63. The van der Waals surface area contributed by atoms with Crippen LogP contribution in [0.1, 0.15) is 53.3 Å². The van der Waals surface area contributed by atoms with Gasteiger partial charge in [0.1, 0.15) is 24.7 Å². The second kappa shape index (κ2) is 13.6. The van der Waals surface area contributed by atoms with Crippen molar-refractivity contribution in [1.82, 2.24) is 16.0 Å². The number of primary amides is 1. The molecule has 18 heteroatoms. The van der Waals surface area contributed by atoms with E-state index in [4.69, 9.17) is 14.6 Å². The molecule has 1 fully saturated rings. The Bertz CT molecular complexity index is 1620. The largest absolute Gasteiger partial charge is 0.446 e. The van der Waals surface area contributed by atoms with Gasteiger partial charge in [-0.25, -0.2) is 35.1 Å². The maximum absolute atomic E-state index is 14.9. The summed E-state index contributed by atoms with van der Waals surface area (Å²) in [5.74, 6) is -17.1. The SMILES string of the molecule is Cc1c(F)c(F)c(CNC(=O)c2ccc(C(=O)NCC3[C@@H](F)[C@@H](F)C(CNC(=O)c4ccc(C(N)=O)o4)[C@@H](F)[C@H]3F)o2)c(F)c1F. The van der Waals surface area contributed by atoms with Crippen LogP contribution in [-0.4, -0.2) is 61.4 Å². The smallest absolute Gasteiger partial charge is 0.287 e. The lowest BCUT2D eigenvalue weighted by Gasteiger charge is -2.39. The topological polar surface area (TPSA) is 157 Å². The Morgan fingerprint density at radius 3 is 1.35 bits per heavy atom. The molecule has 0 aliphatic heterocycles. The molecule has 4 amide bonds. The summed E-state index contributed by atoms with van der Waals surface area (Å²) in [4.78, 5) is 48.0. The van der Waals surface area contributed by atoms with E-state index in [0.717, 1.165) is 31.2 Å². The molecule has 1 aliphatic carbocycles. The first-order chi connectivity index (χ1) is 21.6. The van der Waals surface area contributed by atoms with E-state index >= 15 is 0 Å². The lowest BCUT2D eigenvalue weighted by atomic mass is 9.76. The number of halogens is 8. The summed E-state index contributed by atoms with van der Waals surface area (Å²) in [7, 11) is 0. The zero-order chi connectivity index (χ0) is 34.0. The molecule has 3 aromatic rings. The van der Waals surface area contributed by atoms with Crippen LogP contribution in [0, 0.1) is 42.0 Å². The molecule has 6 atom stereocenters. The van der Waals surface area contributed by atoms with Gasteiger partial charge >= 0.3 is 0 Å². The van der Waals surface area contributed by atoms with E-state index in [-0.39, 0.29) is 5.76 Å². The molecule has 5 N–H and O–H groups in total. The Balaban J connectivity index is 1.31. The molecule has 2 aromatic heterocycles. The number of hydrogen-bond donors (Lipinski definition) is 4. The van der Waals surface area contributed by atoms with Crippen LogP contribution in [0.5, 0.6) is 0 Å². The number of amides is 4. The Morgan fingerprint density at radius 1 is 0.630 bits per heavy atom. The van der Waals surface area contributed by atoms with Gasteiger partial charge in [-0.3, -0.25) is 19.2 Å². The predicted octanol–water partition coefficient (Wildman–Crippen LogP) is 3.52. The number of carbonyl (C=O) groups is 4. The lowest BCUT2D eigenvalue weighted by molar-refractivity contribution is -0.0753. The van der Waals surface area contributed by atoms with E-state index in [9.17, 15) is 54.3 Å². The fourth-order valence-electron chi connectivity index (χ4n) is 4.71. The summed E-state index contributed by atoms with van der Waals surface area (Å²) >= 11 is 0. The lowest BCUT2D eigenvalue weighted by Crippen LogP contribution is -2.57. The van der Waals surface area contributed by atoms with Gasteiger partial charge in [0.25, 0.3) is 23.6 Å². The molecule has 0 bridgehead atoms. The maximum atomic E-state index is 14.9. The third-order valence-electron chi connectivity index (χ3n) is 7.37. The van der Waals surface area contributed by atoms with E-state index in [0.29, 0.717) is 0 Å². The van der Waals surface area contributed by atoms with Crippen molar-refractivity contribution >= 4 is 23.6 Å². The van der Waals surface area contributed by atoms with Crippen molar-refractivity contribution in [2.75, 3.05) is 13.1 Å². The van der Waals surface area contributed by atoms with Gasteiger partial charge in [-0.2, -0.15) is 0 Å². The van der Waals surface area contributed by atoms with Gasteiger partial charge in [0.2, 0.25) is 0 Å². The molecule has 10 nitrogen and oxygen atoms in total. The van der Waals surface area contributed by atoms with Crippen LogP contribution < -0.4 is 21.7 Å². The van der Waals surface area contributed by atoms with Gasteiger partial charge in [0.15, 0.2) is 46.3 Å². The minimum absolute atomic E-state index is 0.372. The zero-order valence-electron chi connectivity index (χ0n) is 23.4. The van der Waals surface area contributed by atoms with Crippen LogP contribution in [0.4, 0.5) is 35.1 Å². The molecular weight excluding hydrogens is 640 g/mol. The Hall–Kier alpha value is -4.90. The zero-order valence-corrected chi connectivity index (χ0v) is 23.4. The summed E-state index contributed by atoms with van der Waals surface area (Å²) in [5, 5.41) is 6.05. The molecule has 1 aromatic carbocycles. The van der Waals surface area contributed by atoms with E-state index < -0.39 is 131 Å². The number of carbonyl (C=O) groups excluding carboxylic acids is 4. The molecule has 4 rings (SSSR count). The Kier molecular flexibility index (Phi) is 10.1. The van der Waals surface area contributed by atoms with Crippen molar-refractivity contribution in [2.45, 2.75) is 38.2 Å². The number of hydrogen-bond acceptors (Lipinski definition) is 6. The highest BCUT2D eigenvalue weighted by atomic mass is 19.2. The third kappa shape index (κ3) is 6.69. The predicted molar refractivity (Wildman–Crippen MR) is 139 cm³/mol. The number of nitrogens with one attached hydrogen (secondary N) is 3. The summed E-state index contributed by atoms with van der Waals surface area (Å²) in [6.07, 6.45) is -10.5. The summed E-state index contributed by atoms with van der Waals surface area (Å²) < 4.78 is 125. The Morgan fingerprint density at radius 2 is 0.978 bits per heavy atom. The van der Waals surface area contributed by atoms with Gasteiger partial charge in [0.05, 0.1) is 0 Å². The van der Waals surface area contributed by atoms with Crippen molar-refractivity contribution < 1.29 is 63.1 Å². The van der Waals surface area contributed by atoms with Crippen LogP contribution in [0.2, 0.25) is 0 Å². The average Bonchev–Trinajstić information content (AvgIpc) is 3.73. The van der Waals surface area contributed by atoms with Crippen molar-refractivity contribution in [3.63, 3.8) is 0 Å². The van der Waals surface area contributed by atoms with E-state index in [1.807, 2.05) is 10.6 Å². The normalized spacial score (nSPS) is 22.7. The van der Waals surface area contributed by atoms with Gasteiger partial charge in [-0.05, 0) is 31.2 Å². The van der Waals surface area contributed by atoms with Gasteiger partial charge in [-0.1, -0.05) is 0 Å². The molecule has 0 radical (unpaired) electrons. The first kappa shape index (κ1) is 34.0. The van der Waals surface area contributed by atoms with Crippen LogP contribution in [0.25, 0.3) is 0 Å². The number of benzene rings is 1. The monoisotopic (exact) mass is 664 g/mol. The first-order valence-electron chi connectivity index (χ1n) is 13.4. The van der Waals surface area contributed by atoms with Gasteiger partial charge < -0.3 is 30.5 Å². The third-order valence-corrected chi connectivity index (χ3v) is 7.37. The summed E-state index contributed by atoms with van der Waals surface area (Å²) in [6.45, 7) is -1.97. The first-order valence-corrected chi connectivity index (χ1v) is 13.4.